The van der Waals surface area contributed by atoms with Crippen LogP contribution in [0.5, 0.6) is 0 Å². The summed E-state index contributed by atoms with van der Waals surface area (Å²) in [7, 11) is 0. The first-order chi connectivity index (χ1) is 7.72. The highest BCUT2D eigenvalue weighted by Crippen LogP contribution is 2.27. The van der Waals surface area contributed by atoms with Crippen LogP contribution in [0.25, 0.3) is 0 Å². The van der Waals surface area contributed by atoms with E-state index in [9.17, 15) is 4.39 Å². The lowest BCUT2D eigenvalue weighted by molar-refractivity contribution is 0.617. The lowest BCUT2D eigenvalue weighted by atomic mass is 10.1. The van der Waals surface area contributed by atoms with Gasteiger partial charge in [0.1, 0.15) is 5.82 Å². The maximum Gasteiger partial charge on any atom is 0.123 e. The van der Waals surface area contributed by atoms with E-state index in [4.69, 9.17) is 5.84 Å². The molecule has 1 aromatic carbocycles. The molecule has 2 rings (SSSR count). The van der Waals surface area contributed by atoms with E-state index < -0.39 is 0 Å². The molecule has 5 heteroatoms. The number of aromatic nitrogens is 1. The van der Waals surface area contributed by atoms with Gasteiger partial charge in [-0.05, 0) is 24.6 Å². The molecule has 1 heterocycles. The zero-order chi connectivity index (χ0) is 11.5. The van der Waals surface area contributed by atoms with Gasteiger partial charge in [-0.3, -0.25) is 5.84 Å². The van der Waals surface area contributed by atoms with Gasteiger partial charge in [0.05, 0.1) is 22.1 Å². The van der Waals surface area contributed by atoms with Crippen molar-refractivity contribution in [3.05, 3.63) is 51.7 Å². The summed E-state index contributed by atoms with van der Waals surface area (Å²) >= 11 is 1.53. The molecular weight excluding hydrogens is 225 g/mol. The van der Waals surface area contributed by atoms with Gasteiger partial charge < -0.3 is 0 Å². The quantitative estimate of drug-likeness (QED) is 0.635. The van der Waals surface area contributed by atoms with Gasteiger partial charge in [-0.2, -0.15) is 0 Å². The largest absolute Gasteiger partial charge is 0.271 e. The average Bonchev–Trinajstić information content (AvgIpc) is 2.69. The van der Waals surface area contributed by atoms with Crippen LogP contribution in [0.15, 0.2) is 29.8 Å². The molecule has 0 saturated heterocycles. The number of thiazole rings is 1. The van der Waals surface area contributed by atoms with E-state index in [1.807, 2.05) is 6.92 Å². The number of benzene rings is 1. The summed E-state index contributed by atoms with van der Waals surface area (Å²) in [6, 6.07) is 6.16. The van der Waals surface area contributed by atoms with Crippen LogP contribution < -0.4 is 11.3 Å². The van der Waals surface area contributed by atoms with Gasteiger partial charge in [-0.25, -0.2) is 14.8 Å². The van der Waals surface area contributed by atoms with Gasteiger partial charge in [0.2, 0.25) is 0 Å². The predicted molar refractivity (Wildman–Crippen MR) is 62.4 cm³/mol. The van der Waals surface area contributed by atoms with Crippen molar-refractivity contribution >= 4 is 11.3 Å². The van der Waals surface area contributed by atoms with Gasteiger partial charge in [-0.15, -0.1) is 11.3 Å². The molecule has 1 atom stereocenters. The molecule has 0 amide bonds. The van der Waals surface area contributed by atoms with Crippen molar-refractivity contribution in [3.8, 4) is 0 Å². The Morgan fingerprint density at radius 2 is 2.06 bits per heavy atom. The van der Waals surface area contributed by atoms with Crippen molar-refractivity contribution in [2.24, 2.45) is 5.84 Å². The van der Waals surface area contributed by atoms with E-state index in [-0.39, 0.29) is 11.9 Å². The Balaban J connectivity index is 2.37. The van der Waals surface area contributed by atoms with Crippen molar-refractivity contribution in [1.82, 2.24) is 10.4 Å². The first-order valence-corrected chi connectivity index (χ1v) is 5.72. The van der Waals surface area contributed by atoms with E-state index in [2.05, 4.69) is 10.4 Å². The van der Waals surface area contributed by atoms with Crippen molar-refractivity contribution in [2.75, 3.05) is 0 Å². The molecule has 0 fully saturated rings. The molecule has 0 aliphatic heterocycles. The molecular formula is C11H12FN3S. The third-order valence-electron chi connectivity index (χ3n) is 2.41. The minimum atomic E-state index is -0.249. The van der Waals surface area contributed by atoms with Crippen LogP contribution >= 0.6 is 11.3 Å². The summed E-state index contributed by atoms with van der Waals surface area (Å²) in [4.78, 5) is 5.23. The summed E-state index contributed by atoms with van der Waals surface area (Å²) < 4.78 is 12.8. The van der Waals surface area contributed by atoms with Gasteiger partial charge >= 0.3 is 0 Å². The normalized spacial score (nSPS) is 12.7. The predicted octanol–water partition coefficient (Wildman–Crippen LogP) is 2.14. The van der Waals surface area contributed by atoms with Crippen molar-refractivity contribution in [3.63, 3.8) is 0 Å². The molecule has 2 aromatic rings. The minimum Gasteiger partial charge on any atom is -0.271 e. The fourth-order valence-corrected chi connectivity index (χ4v) is 2.45. The molecule has 1 unspecified atom stereocenters. The van der Waals surface area contributed by atoms with Crippen LogP contribution in [0, 0.1) is 12.7 Å². The molecule has 84 valence electrons. The molecule has 0 spiro atoms. The molecule has 16 heavy (non-hydrogen) atoms. The smallest absolute Gasteiger partial charge is 0.123 e. The maximum absolute atomic E-state index is 12.8. The molecule has 1 aromatic heterocycles. The van der Waals surface area contributed by atoms with E-state index >= 15 is 0 Å². The Morgan fingerprint density at radius 3 is 2.56 bits per heavy atom. The Hall–Kier alpha value is -1.30. The SMILES string of the molecule is Cc1ncsc1C(NN)c1ccc(F)cc1. The Labute approximate surface area is 97.1 Å². The second kappa shape index (κ2) is 4.69. The van der Waals surface area contributed by atoms with E-state index in [0.717, 1.165) is 16.1 Å². The number of halogens is 1. The number of nitrogens with zero attached hydrogens (tertiary/aromatic N) is 1. The van der Waals surface area contributed by atoms with Crippen LogP contribution in [0.3, 0.4) is 0 Å². The molecule has 0 bridgehead atoms. The van der Waals surface area contributed by atoms with Crippen LogP contribution in [-0.4, -0.2) is 4.98 Å². The average molecular weight is 237 g/mol. The number of hydrogen-bond acceptors (Lipinski definition) is 4. The van der Waals surface area contributed by atoms with Crippen LogP contribution in [0.2, 0.25) is 0 Å². The topological polar surface area (TPSA) is 50.9 Å². The maximum atomic E-state index is 12.8. The standard InChI is InChI=1S/C11H12FN3S/c1-7-11(16-6-14-7)10(15-13)8-2-4-9(12)5-3-8/h2-6,10,15H,13H2,1H3. The second-order valence-electron chi connectivity index (χ2n) is 3.45. The molecule has 0 aliphatic rings. The van der Waals surface area contributed by atoms with Crippen molar-refractivity contribution in [1.29, 1.82) is 0 Å². The summed E-state index contributed by atoms with van der Waals surface area (Å²) in [5, 5.41) is 0. The van der Waals surface area contributed by atoms with Gasteiger partial charge in [0.25, 0.3) is 0 Å². The highest BCUT2D eigenvalue weighted by atomic mass is 32.1. The van der Waals surface area contributed by atoms with Crippen molar-refractivity contribution in [2.45, 2.75) is 13.0 Å². The number of hydrogen-bond donors (Lipinski definition) is 2. The van der Waals surface area contributed by atoms with Crippen LogP contribution in [0.1, 0.15) is 22.2 Å². The summed E-state index contributed by atoms with van der Waals surface area (Å²) in [5.74, 6) is 5.29. The molecule has 3 N–H and O–H groups in total. The van der Waals surface area contributed by atoms with E-state index in [1.165, 1.54) is 23.5 Å². The Bertz CT molecular complexity index is 466. The molecule has 0 aliphatic carbocycles. The number of nitrogens with two attached hydrogens (primary N) is 1. The van der Waals surface area contributed by atoms with Gasteiger partial charge in [-0.1, -0.05) is 12.1 Å². The Morgan fingerprint density at radius 1 is 1.38 bits per heavy atom. The van der Waals surface area contributed by atoms with Gasteiger partial charge in [0.15, 0.2) is 0 Å². The monoisotopic (exact) mass is 237 g/mol. The third-order valence-corrected chi connectivity index (χ3v) is 3.41. The first kappa shape index (κ1) is 11.2. The molecule has 0 saturated carbocycles. The lowest BCUT2D eigenvalue weighted by Crippen LogP contribution is -2.28. The zero-order valence-electron chi connectivity index (χ0n) is 8.77. The van der Waals surface area contributed by atoms with Gasteiger partial charge in [0, 0.05) is 0 Å². The number of aryl methyl sites for hydroxylation is 1. The summed E-state index contributed by atoms with van der Waals surface area (Å²) in [6.45, 7) is 1.93. The number of nitrogens with one attached hydrogen (secondary N) is 1. The number of rotatable bonds is 3. The fourth-order valence-electron chi connectivity index (χ4n) is 1.57. The fraction of sp³-hybridized carbons (Fsp3) is 0.182. The lowest BCUT2D eigenvalue weighted by Gasteiger charge is -2.15. The Kier molecular flexibility index (Phi) is 3.28. The highest BCUT2D eigenvalue weighted by molar-refractivity contribution is 7.09. The minimum absolute atomic E-state index is 0.131. The van der Waals surface area contributed by atoms with E-state index in [0.29, 0.717) is 0 Å². The van der Waals surface area contributed by atoms with Crippen LogP contribution in [-0.2, 0) is 0 Å². The highest BCUT2D eigenvalue weighted by Gasteiger charge is 2.16. The molecule has 0 radical (unpaired) electrons. The zero-order valence-corrected chi connectivity index (χ0v) is 9.59. The molecule has 3 nitrogen and oxygen atoms in total. The summed E-state index contributed by atoms with van der Waals surface area (Å²) in [6.07, 6.45) is 0. The summed E-state index contributed by atoms with van der Waals surface area (Å²) in [5.41, 5.74) is 6.37. The van der Waals surface area contributed by atoms with Crippen molar-refractivity contribution < 1.29 is 4.39 Å². The number of hydrazine groups is 1. The third kappa shape index (κ3) is 2.11. The first-order valence-electron chi connectivity index (χ1n) is 4.84. The van der Waals surface area contributed by atoms with E-state index in [1.54, 1.807) is 17.6 Å². The second-order valence-corrected chi connectivity index (χ2v) is 4.34. The van der Waals surface area contributed by atoms with Crippen LogP contribution in [0.4, 0.5) is 4.39 Å².